The fraction of sp³-hybridized carbons (Fsp3) is 1.00. The molecule has 2 aliphatic rings. The molecule has 0 spiro atoms. The Morgan fingerprint density at radius 3 is 1.62 bits per heavy atom. The molecule has 2 rings (SSSR count). The molecule has 0 aromatic heterocycles. The van der Waals surface area contributed by atoms with E-state index >= 15 is 0 Å². The van der Waals surface area contributed by atoms with Crippen molar-refractivity contribution in [3.05, 3.63) is 0 Å². The van der Waals surface area contributed by atoms with Crippen LogP contribution in [0, 0.1) is 23.7 Å². The second kappa shape index (κ2) is 5.60. The van der Waals surface area contributed by atoms with Gasteiger partial charge in [0.05, 0.1) is 0 Å². The van der Waals surface area contributed by atoms with E-state index in [1.54, 1.807) is 12.8 Å². The van der Waals surface area contributed by atoms with E-state index in [1.165, 1.54) is 38.5 Å². The molecule has 2 fully saturated rings. The van der Waals surface area contributed by atoms with Crippen LogP contribution in [0.3, 0.4) is 0 Å². The van der Waals surface area contributed by atoms with Crippen molar-refractivity contribution in [2.75, 3.05) is 0 Å². The Kier molecular flexibility index (Phi) is 4.38. The maximum absolute atomic E-state index is 2.44. The van der Waals surface area contributed by atoms with Gasteiger partial charge in [-0.3, -0.25) is 0 Å². The Balaban J connectivity index is 1.76. The molecule has 0 atom stereocenters. The van der Waals surface area contributed by atoms with Gasteiger partial charge in [-0.2, -0.15) is 0 Å². The van der Waals surface area contributed by atoms with Gasteiger partial charge in [0.15, 0.2) is 0 Å². The number of hydrogen-bond donors (Lipinski definition) is 0. The van der Waals surface area contributed by atoms with Crippen LogP contribution in [0.1, 0.15) is 65.2 Å². The Morgan fingerprint density at radius 1 is 0.750 bits per heavy atom. The van der Waals surface area contributed by atoms with Gasteiger partial charge in [0, 0.05) is 0 Å². The first-order valence-corrected chi connectivity index (χ1v) is 7.66. The summed E-state index contributed by atoms with van der Waals surface area (Å²) in [5, 5.41) is 0. The van der Waals surface area contributed by atoms with E-state index in [2.05, 4.69) is 21.7 Å². The second-order valence-corrected chi connectivity index (χ2v) is 6.94. The molecule has 0 unspecified atom stereocenters. The molecular weight excluding hydrogens is 191 g/mol. The van der Waals surface area contributed by atoms with Crippen LogP contribution in [0.2, 0.25) is 5.82 Å². The SMILES string of the molecule is BC1CCC(C2CCC(C(C)C)CC2)CC1. The van der Waals surface area contributed by atoms with Crippen LogP contribution in [0.5, 0.6) is 0 Å². The molecular formula is C15H29B. The van der Waals surface area contributed by atoms with E-state index in [0.717, 1.165) is 29.5 Å². The summed E-state index contributed by atoms with van der Waals surface area (Å²) in [7, 11) is 2.44. The predicted molar refractivity (Wildman–Crippen MR) is 74.5 cm³/mol. The van der Waals surface area contributed by atoms with Crippen LogP contribution in [-0.2, 0) is 0 Å². The van der Waals surface area contributed by atoms with Gasteiger partial charge in [-0.25, -0.2) is 0 Å². The lowest BCUT2D eigenvalue weighted by molar-refractivity contribution is 0.148. The van der Waals surface area contributed by atoms with Gasteiger partial charge in [-0.1, -0.05) is 45.3 Å². The Hall–Kier alpha value is 0.0649. The average Bonchev–Trinajstić information content (AvgIpc) is 2.30. The predicted octanol–water partition coefficient (Wildman–Crippen LogP) is 4.06. The maximum Gasteiger partial charge on any atom is 0.105 e. The van der Waals surface area contributed by atoms with Crippen LogP contribution in [0.25, 0.3) is 0 Å². The van der Waals surface area contributed by atoms with Gasteiger partial charge in [0.25, 0.3) is 0 Å². The van der Waals surface area contributed by atoms with Crippen molar-refractivity contribution in [3.8, 4) is 0 Å². The van der Waals surface area contributed by atoms with E-state index in [-0.39, 0.29) is 0 Å². The van der Waals surface area contributed by atoms with E-state index in [9.17, 15) is 0 Å². The van der Waals surface area contributed by atoms with Crippen LogP contribution in [-0.4, -0.2) is 7.85 Å². The third-order valence-corrected chi connectivity index (χ3v) is 5.49. The smallest absolute Gasteiger partial charge is 0.0697 e. The van der Waals surface area contributed by atoms with E-state index in [1.807, 2.05) is 0 Å². The molecule has 0 saturated heterocycles. The molecule has 16 heavy (non-hydrogen) atoms. The minimum Gasteiger partial charge on any atom is -0.0697 e. The summed E-state index contributed by atoms with van der Waals surface area (Å²) in [5.41, 5.74) is 0. The summed E-state index contributed by atoms with van der Waals surface area (Å²) in [5.74, 6) is 5.18. The minimum atomic E-state index is 0.923. The molecule has 0 radical (unpaired) electrons. The highest BCUT2D eigenvalue weighted by molar-refractivity contribution is 6.11. The molecule has 0 amide bonds. The van der Waals surface area contributed by atoms with Crippen molar-refractivity contribution in [1.82, 2.24) is 0 Å². The lowest BCUT2D eigenvalue weighted by Gasteiger charge is -2.38. The van der Waals surface area contributed by atoms with E-state index < -0.39 is 0 Å². The fourth-order valence-electron chi connectivity index (χ4n) is 4.04. The second-order valence-electron chi connectivity index (χ2n) is 6.94. The van der Waals surface area contributed by atoms with Crippen molar-refractivity contribution in [2.24, 2.45) is 23.7 Å². The lowest BCUT2D eigenvalue weighted by atomic mass is 9.65. The van der Waals surface area contributed by atoms with Crippen molar-refractivity contribution in [3.63, 3.8) is 0 Å². The van der Waals surface area contributed by atoms with Crippen LogP contribution < -0.4 is 0 Å². The van der Waals surface area contributed by atoms with Gasteiger partial charge in [0.2, 0.25) is 0 Å². The van der Waals surface area contributed by atoms with Gasteiger partial charge >= 0.3 is 0 Å². The van der Waals surface area contributed by atoms with Gasteiger partial charge in [0.1, 0.15) is 7.85 Å². The zero-order chi connectivity index (χ0) is 11.5. The first-order valence-electron chi connectivity index (χ1n) is 7.66. The highest BCUT2D eigenvalue weighted by Crippen LogP contribution is 2.43. The van der Waals surface area contributed by atoms with Crippen LogP contribution >= 0.6 is 0 Å². The molecule has 2 saturated carbocycles. The van der Waals surface area contributed by atoms with Gasteiger partial charge in [-0.15, -0.1) is 0 Å². The standard InChI is InChI=1S/C15H29B/c1-11(2)12-3-5-13(6-4-12)14-7-9-15(16)10-8-14/h11-15H,3-10,16H2,1-2H3. The van der Waals surface area contributed by atoms with Crippen molar-refractivity contribution >= 4 is 7.85 Å². The first-order chi connectivity index (χ1) is 7.66. The molecule has 0 heterocycles. The summed E-state index contributed by atoms with van der Waals surface area (Å²) >= 11 is 0. The quantitative estimate of drug-likeness (QED) is 0.615. The monoisotopic (exact) mass is 220 g/mol. The van der Waals surface area contributed by atoms with Gasteiger partial charge < -0.3 is 0 Å². The Labute approximate surface area is 103 Å². The lowest BCUT2D eigenvalue weighted by Crippen LogP contribution is -2.26. The third-order valence-electron chi connectivity index (χ3n) is 5.49. The molecule has 0 aromatic carbocycles. The van der Waals surface area contributed by atoms with Crippen LogP contribution in [0.4, 0.5) is 0 Å². The van der Waals surface area contributed by atoms with Crippen molar-refractivity contribution in [2.45, 2.75) is 71.0 Å². The first kappa shape index (κ1) is 12.5. The minimum absolute atomic E-state index is 0.923. The zero-order valence-corrected chi connectivity index (χ0v) is 11.5. The van der Waals surface area contributed by atoms with E-state index in [4.69, 9.17) is 0 Å². The molecule has 0 N–H and O–H groups in total. The molecule has 0 aromatic rings. The molecule has 0 nitrogen and oxygen atoms in total. The van der Waals surface area contributed by atoms with E-state index in [0.29, 0.717) is 0 Å². The normalized spacial score (nSPS) is 41.2. The Bertz CT molecular complexity index is 195. The average molecular weight is 220 g/mol. The summed E-state index contributed by atoms with van der Waals surface area (Å²) in [6.45, 7) is 4.82. The van der Waals surface area contributed by atoms with Crippen molar-refractivity contribution < 1.29 is 0 Å². The Morgan fingerprint density at radius 2 is 1.19 bits per heavy atom. The zero-order valence-electron chi connectivity index (χ0n) is 11.5. The number of rotatable bonds is 2. The van der Waals surface area contributed by atoms with Crippen LogP contribution in [0.15, 0.2) is 0 Å². The summed E-state index contributed by atoms with van der Waals surface area (Å²) in [4.78, 5) is 0. The summed E-state index contributed by atoms with van der Waals surface area (Å²) < 4.78 is 0. The third kappa shape index (κ3) is 3.05. The topological polar surface area (TPSA) is 0 Å². The fourth-order valence-corrected chi connectivity index (χ4v) is 4.04. The molecule has 0 bridgehead atoms. The maximum atomic E-state index is 2.44. The van der Waals surface area contributed by atoms with Crippen molar-refractivity contribution in [1.29, 1.82) is 0 Å². The molecule has 0 aliphatic heterocycles. The number of hydrogen-bond acceptors (Lipinski definition) is 0. The highest BCUT2D eigenvalue weighted by Gasteiger charge is 2.30. The van der Waals surface area contributed by atoms with Gasteiger partial charge in [-0.05, 0) is 49.4 Å². The largest absolute Gasteiger partial charge is 0.105 e. The summed E-state index contributed by atoms with van der Waals surface area (Å²) in [6, 6.07) is 0. The molecule has 92 valence electrons. The highest BCUT2D eigenvalue weighted by atomic mass is 14.4. The summed E-state index contributed by atoms with van der Waals surface area (Å²) in [6.07, 6.45) is 12.2. The molecule has 2 aliphatic carbocycles. The molecule has 1 heteroatoms.